The Bertz CT molecular complexity index is 1000. The summed E-state index contributed by atoms with van der Waals surface area (Å²) in [5, 5.41) is 0.649. The van der Waals surface area contributed by atoms with E-state index in [1.807, 2.05) is 18.4 Å². The molecule has 0 saturated carbocycles. The number of ether oxygens (including phenoxy) is 2. The molecule has 2 aromatic carbocycles. The summed E-state index contributed by atoms with van der Waals surface area (Å²) in [6.07, 6.45) is 3.42. The molecule has 0 saturated heterocycles. The maximum absolute atomic E-state index is 13.3. The fourth-order valence-electron chi connectivity index (χ4n) is 2.97. The van der Waals surface area contributed by atoms with Gasteiger partial charge in [-0.25, -0.2) is 9.37 Å². The van der Waals surface area contributed by atoms with Crippen LogP contribution in [0.2, 0.25) is 0 Å². The van der Waals surface area contributed by atoms with E-state index in [9.17, 15) is 9.18 Å². The predicted octanol–water partition coefficient (Wildman–Crippen LogP) is 4.02. The lowest BCUT2D eigenvalue weighted by Crippen LogP contribution is -2.28. The van der Waals surface area contributed by atoms with Crippen LogP contribution >= 0.6 is 11.8 Å². The number of benzene rings is 2. The molecule has 3 rings (SSSR count). The predicted molar refractivity (Wildman–Crippen MR) is 111 cm³/mol. The highest BCUT2D eigenvalue weighted by Crippen LogP contribution is 2.27. The van der Waals surface area contributed by atoms with Gasteiger partial charge in [0.1, 0.15) is 23.0 Å². The second-order valence-electron chi connectivity index (χ2n) is 6.28. The molecule has 8 heteroatoms. The Morgan fingerprint density at radius 2 is 1.90 bits per heavy atom. The molecule has 29 heavy (non-hydrogen) atoms. The Labute approximate surface area is 173 Å². The molecule has 1 heterocycles. The molecule has 0 bridgehead atoms. The summed E-state index contributed by atoms with van der Waals surface area (Å²) in [6.45, 7) is 0.342. The van der Waals surface area contributed by atoms with Crippen molar-refractivity contribution >= 4 is 17.7 Å². The minimum atomic E-state index is -0.337. The zero-order valence-electron chi connectivity index (χ0n) is 16.7. The van der Waals surface area contributed by atoms with Crippen molar-refractivity contribution in [3.05, 3.63) is 65.7 Å². The van der Waals surface area contributed by atoms with E-state index in [0.29, 0.717) is 34.6 Å². The zero-order valence-corrected chi connectivity index (χ0v) is 17.5. The quantitative estimate of drug-likeness (QED) is 0.546. The van der Waals surface area contributed by atoms with Gasteiger partial charge in [0, 0.05) is 30.9 Å². The molecule has 0 radical (unpaired) electrons. The number of hydrogen-bond donors (Lipinski definition) is 0. The lowest BCUT2D eigenvalue weighted by Gasteiger charge is -2.20. The van der Waals surface area contributed by atoms with E-state index in [4.69, 9.17) is 9.47 Å². The van der Waals surface area contributed by atoms with E-state index in [-0.39, 0.29) is 11.7 Å². The van der Waals surface area contributed by atoms with Crippen molar-refractivity contribution in [3.63, 3.8) is 0 Å². The van der Waals surface area contributed by atoms with E-state index >= 15 is 0 Å². The summed E-state index contributed by atoms with van der Waals surface area (Å²) in [6, 6.07) is 11.4. The van der Waals surface area contributed by atoms with Crippen LogP contribution in [-0.4, -0.2) is 47.9 Å². The average Bonchev–Trinajstić information content (AvgIpc) is 3.18. The molecule has 152 valence electrons. The highest BCUT2D eigenvalue weighted by atomic mass is 32.2. The second kappa shape index (κ2) is 9.00. The average molecular weight is 415 g/mol. The summed E-state index contributed by atoms with van der Waals surface area (Å²) >= 11 is 1.41. The number of imidazole rings is 1. The number of halogens is 1. The van der Waals surface area contributed by atoms with Crippen LogP contribution in [0.25, 0.3) is 5.69 Å². The van der Waals surface area contributed by atoms with Crippen molar-refractivity contribution in [2.45, 2.75) is 11.7 Å². The molecule has 0 spiro atoms. The van der Waals surface area contributed by atoms with Gasteiger partial charge in [0.25, 0.3) is 5.91 Å². The van der Waals surface area contributed by atoms with E-state index in [1.165, 1.54) is 23.9 Å². The SMILES string of the molecule is COc1ccc(CN(C)C(=O)c2cnc(SC)n2-c2ccc(F)cc2)c(OC)c1. The van der Waals surface area contributed by atoms with E-state index in [1.54, 1.807) is 55.1 Å². The van der Waals surface area contributed by atoms with Crippen molar-refractivity contribution in [3.8, 4) is 17.2 Å². The lowest BCUT2D eigenvalue weighted by molar-refractivity contribution is 0.0775. The Morgan fingerprint density at radius 3 is 2.52 bits per heavy atom. The fraction of sp³-hybridized carbons (Fsp3) is 0.238. The first-order valence-corrected chi connectivity index (χ1v) is 10.0. The minimum absolute atomic E-state index is 0.208. The largest absolute Gasteiger partial charge is 0.497 e. The number of carbonyl (C=O) groups is 1. The topological polar surface area (TPSA) is 56.6 Å². The molecule has 0 fully saturated rings. The Balaban J connectivity index is 1.91. The molecule has 6 nitrogen and oxygen atoms in total. The summed E-state index contributed by atoms with van der Waals surface area (Å²) in [5.41, 5.74) is 1.92. The first-order chi connectivity index (χ1) is 14.0. The van der Waals surface area contributed by atoms with Crippen LogP contribution in [-0.2, 0) is 6.54 Å². The molecule has 1 amide bonds. The molecule has 0 N–H and O–H groups in total. The van der Waals surface area contributed by atoms with Gasteiger partial charge in [0.2, 0.25) is 0 Å². The molecule has 3 aromatic rings. The summed E-state index contributed by atoms with van der Waals surface area (Å²) in [4.78, 5) is 19.1. The van der Waals surface area contributed by atoms with Crippen LogP contribution in [0, 0.1) is 5.82 Å². The third kappa shape index (κ3) is 4.37. The monoisotopic (exact) mass is 415 g/mol. The number of nitrogens with zero attached hydrogens (tertiary/aromatic N) is 3. The highest BCUT2D eigenvalue weighted by molar-refractivity contribution is 7.98. The molecule has 0 aliphatic rings. The molecule has 0 unspecified atom stereocenters. The standard InChI is InChI=1S/C21H22FN3O3S/c1-24(13-14-5-10-17(27-2)11-19(14)28-3)20(26)18-12-23-21(29-4)25(18)16-8-6-15(22)7-9-16/h5-12H,13H2,1-4H3. The summed E-state index contributed by atoms with van der Waals surface area (Å²) in [5.74, 6) is 0.774. The van der Waals surface area contributed by atoms with Crippen LogP contribution < -0.4 is 9.47 Å². The van der Waals surface area contributed by atoms with Crippen molar-refractivity contribution in [2.24, 2.45) is 0 Å². The normalized spacial score (nSPS) is 10.7. The molecule has 0 aliphatic heterocycles. The fourth-order valence-corrected chi connectivity index (χ4v) is 3.52. The van der Waals surface area contributed by atoms with Crippen molar-refractivity contribution in [1.29, 1.82) is 0 Å². The van der Waals surface area contributed by atoms with Gasteiger partial charge >= 0.3 is 0 Å². The maximum atomic E-state index is 13.3. The van der Waals surface area contributed by atoms with Gasteiger partial charge < -0.3 is 14.4 Å². The lowest BCUT2D eigenvalue weighted by atomic mass is 10.1. The smallest absolute Gasteiger partial charge is 0.272 e. The van der Waals surface area contributed by atoms with Crippen LogP contribution in [0.1, 0.15) is 16.1 Å². The molecular weight excluding hydrogens is 393 g/mol. The van der Waals surface area contributed by atoms with Crippen LogP contribution in [0.4, 0.5) is 4.39 Å². The second-order valence-corrected chi connectivity index (χ2v) is 7.05. The third-order valence-electron chi connectivity index (χ3n) is 4.46. The number of rotatable bonds is 7. The maximum Gasteiger partial charge on any atom is 0.272 e. The van der Waals surface area contributed by atoms with Gasteiger partial charge in [-0.3, -0.25) is 9.36 Å². The molecule has 0 aliphatic carbocycles. The number of thioether (sulfide) groups is 1. The van der Waals surface area contributed by atoms with Crippen LogP contribution in [0.3, 0.4) is 0 Å². The van der Waals surface area contributed by atoms with Crippen molar-refractivity contribution in [1.82, 2.24) is 14.5 Å². The highest BCUT2D eigenvalue weighted by Gasteiger charge is 2.22. The van der Waals surface area contributed by atoms with Gasteiger partial charge in [-0.1, -0.05) is 11.8 Å². The minimum Gasteiger partial charge on any atom is -0.497 e. The molecule has 0 atom stereocenters. The van der Waals surface area contributed by atoms with Crippen molar-refractivity contribution in [2.75, 3.05) is 27.5 Å². The van der Waals surface area contributed by atoms with Crippen LogP contribution in [0.15, 0.2) is 53.8 Å². The first-order valence-electron chi connectivity index (χ1n) is 8.82. The van der Waals surface area contributed by atoms with Gasteiger partial charge in [-0.15, -0.1) is 0 Å². The van der Waals surface area contributed by atoms with Gasteiger partial charge in [-0.05, 0) is 42.7 Å². The Kier molecular flexibility index (Phi) is 6.43. The van der Waals surface area contributed by atoms with Gasteiger partial charge in [-0.2, -0.15) is 0 Å². The number of carbonyl (C=O) groups excluding carboxylic acids is 1. The van der Waals surface area contributed by atoms with Crippen LogP contribution in [0.5, 0.6) is 11.5 Å². The first kappa shape index (κ1) is 20.7. The molecule has 1 aromatic heterocycles. The Morgan fingerprint density at radius 1 is 1.17 bits per heavy atom. The summed E-state index contributed by atoms with van der Waals surface area (Å²) in [7, 11) is 4.88. The van der Waals surface area contributed by atoms with E-state index < -0.39 is 0 Å². The summed E-state index contributed by atoms with van der Waals surface area (Å²) < 4.78 is 25.7. The van der Waals surface area contributed by atoms with E-state index in [0.717, 1.165) is 5.56 Å². The number of hydrogen-bond acceptors (Lipinski definition) is 5. The molecular formula is C21H22FN3O3S. The van der Waals surface area contributed by atoms with Gasteiger partial charge in [0.15, 0.2) is 5.16 Å². The number of methoxy groups -OCH3 is 2. The Hall–Kier alpha value is -3.00. The van der Waals surface area contributed by atoms with E-state index in [2.05, 4.69) is 4.98 Å². The number of aromatic nitrogens is 2. The number of amides is 1. The third-order valence-corrected chi connectivity index (χ3v) is 5.12. The van der Waals surface area contributed by atoms with Crippen molar-refractivity contribution < 1.29 is 18.7 Å². The van der Waals surface area contributed by atoms with Gasteiger partial charge in [0.05, 0.1) is 20.4 Å². The zero-order chi connectivity index (χ0) is 21.0.